The third-order valence-corrected chi connectivity index (χ3v) is 11.1. The maximum absolute atomic E-state index is 12.3. The molecule has 2 aromatic carbocycles. The highest BCUT2D eigenvalue weighted by Crippen LogP contribution is 2.48. The second-order valence-corrected chi connectivity index (χ2v) is 17.2. The van der Waals surface area contributed by atoms with Crippen LogP contribution in [0, 0.1) is 0 Å². The minimum Gasteiger partial charge on any atom is -0.478 e. The lowest BCUT2D eigenvalue weighted by molar-refractivity contribution is -0.437. The quantitative estimate of drug-likeness (QED) is 0.129. The summed E-state index contributed by atoms with van der Waals surface area (Å²) in [6.07, 6.45) is 8.89. The van der Waals surface area contributed by atoms with Gasteiger partial charge in [0.2, 0.25) is 5.69 Å². The van der Waals surface area contributed by atoms with Crippen molar-refractivity contribution < 1.29 is 53.4 Å². The smallest absolute Gasteiger partial charge is 0.335 e. The summed E-state index contributed by atoms with van der Waals surface area (Å²) in [5, 5.41) is 9.56. The molecule has 2 aliphatic rings. The van der Waals surface area contributed by atoms with Crippen molar-refractivity contribution in [3.63, 3.8) is 0 Å². The van der Waals surface area contributed by atoms with Gasteiger partial charge >= 0.3 is 5.97 Å². The van der Waals surface area contributed by atoms with E-state index in [4.69, 9.17) is 0 Å². The standard InChI is InChI=1S/C32H38N2O11S3/c1-31(2)23-21-22(30(35)36)15-16-24(23)33(17-9-19-46(37,38)39)27(31)13-6-5-7-14-28-32(3,4)29-25(11-8-12-26(29)48(43,44)45)34(28)18-10-20-47(40,41)42/h5-8,11-16,21H,9-10,17-20H2,1-4H3,(H3-,35,36,37,38,39,40,41,42,43,44,45)/p+1. The van der Waals surface area contributed by atoms with Crippen molar-refractivity contribution in [2.45, 2.75) is 56.3 Å². The van der Waals surface area contributed by atoms with Gasteiger partial charge in [0.25, 0.3) is 30.4 Å². The van der Waals surface area contributed by atoms with Crippen LogP contribution in [0.3, 0.4) is 0 Å². The van der Waals surface area contributed by atoms with E-state index in [2.05, 4.69) is 0 Å². The summed E-state index contributed by atoms with van der Waals surface area (Å²) < 4.78 is 100. The lowest BCUT2D eigenvalue weighted by atomic mass is 9.81. The van der Waals surface area contributed by atoms with Crippen molar-refractivity contribution in [3.05, 3.63) is 89.2 Å². The maximum atomic E-state index is 12.3. The number of carbonyl (C=O) groups is 1. The summed E-state index contributed by atoms with van der Waals surface area (Å²) in [4.78, 5) is 13.3. The Hall–Kier alpha value is -3.67. The first kappa shape index (κ1) is 37.2. The van der Waals surface area contributed by atoms with E-state index >= 15 is 0 Å². The van der Waals surface area contributed by atoms with Gasteiger partial charge in [-0.1, -0.05) is 38.1 Å². The zero-order chi connectivity index (χ0) is 35.9. The summed E-state index contributed by atoms with van der Waals surface area (Å²) in [7, 11) is -13.0. The summed E-state index contributed by atoms with van der Waals surface area (Å²) in [6.45, 7) is 7.76. The minimum absolute atomic E-state index is 0.0381. The molecule has 4 N–H and O–H groups in total. The second-order valence-electron chi connectivity index (χ2n) is 12.7. The van der Waals surface area contributed by atoms with Gasteiger partial charge in [-0.05, 0) is 56.2 Å². The fraction of sp³-hybridized carbons (Fsp3) is 0.375. The molecule has 48 heavy (non-hydrogen) atoms. The van der Waals surface area contributed by atoms with E-state index in [1.54, 1.807) is 60.9 Å². The molecule has 13 nitrogen and oxygen atoms in total. The topological polar surface area (TPSA) is 207 Å². The highest BCUT2D eigenvalue weighted by Gasteiger charge is 2.47. The zero-order valence-corrected chi connectivity index (χ0v) is 29.3. The lowest BCUT2D eigenvalue weighted by Gasteiger charge is -2.27. The van der Waals surface area contributed by atoms with Crippen LogP contribution in [0.4, 0.5) is 11.4 Å². The van der Waals surface area contributed by atoms with Gasteiger partial charge in [-0.25, -0.2) is 4.79 Å². The third kappa shape index (κ3) is 7.96. The summed E-state index contributed by atoms with van der Waals surface area (Å²) in [6, 6.07) is 9.19. The normalized spacial score (nSPS) is 18.3. The van der Waals surface area contributed by atoms with Gasteiger partial charge in [-0.15, -0.1) is 0 Å². The first-order valence-electron chi connectivity index (χ1n) is 14.9. The maximum Gasteiger partial charge on any atom is 0.335 e. The molecule has 0 atom stereocenters. The molecular weight excluding hydrogens is 685 g/mol. The molecule has 260 valence electrons. The Kier molecular flexibility index (Phi) is 10.3. The van der Waals surface area contributed by atoms with Crippen LogP contribution in [0.2, 0.25) is 0 Å². The predicted octanol–water partition coefficient (Wildman–Crippen LogP) is 4.36. The van der Waals surface area contributed by atoms with Crippen LogP contribution in [0.25, 0.3) is 0 Å². The van der Waals surface area contributed by atoms with Crippen molar-refractivity contribution in [3.8, 4) is 0 Å². The Bertz CT molecular complexity index is 2090. The van der Waals surface area contributed by atoms with E-state index in [1.807, 2.05) is 24.8 Å². The van der Waals surface area contributed by atoms with Gasteiger partial charge in [0.05, 0.1) is 28.0 Å². The molecule has 4 rings (SSSR count). The lowest BCUT2D eigenvalue weighted by Crippen LogP contribution is -2.29. The number of anilines is 1. The number of benzene rings is 2. The van der Waals surface area contributed by atoms with Gasteiger partial charge < -0.3 is 10.0 Å². The summed E-state index contributed by atoms with van der Waals surface area (Å²) in [5.74, 6) is -2.04. The van der Waals surface area contributed by atoms with Gasteiger partial charge in [0, 0.05) is 41.9 Å². The van der Waals surface area contributed by atoms with Crippen LogP contribution in [0.5, 0.6) is 0 Å². The number of carboxylic acid groups (broad SMARTS) is 1. The van der Waals surface area contributed by atoms with Crippen LogP contribution in [0.15, 0.2) is 77.4 Å². The average molecular weight is 724 g/mol. The number of carboxylic acids is 1. The van der Waals surface area contributed by atoms with Gasteiger partial charge in [-0.3, -0.25) is 13.7 Å². The van der Waals surface area contributed by atoms with E-state index in [0.29, 0.717) is 22.6 Å². The van der Waals surface area contributed by atoms with Gasteiger partial charge in [0.1, 0.15) is 11.4 Å². The SMILES string of the molecule is CC1(C)C(/C=C/C=C/C=C2/N(CCCS(=O)(=O)O)c3ccc(C(=O)O)cc3C2(C)C)=[N+](CCCS(=O)(=O)O)c2cccc(S(=O)(=O)O)c21. The predicted molar refractivity (Wildman–Crippen MR) is 181 cm³/mol. The van der Waals surface area contributed by atoms with E-state index in [9.17, 15) is 48.8 Å². The summed E-state index contributed by atoms with van der Waals surface area (Å²) >= 11 is 0. The number of hydrogen-bond acceptors (Lipinski definition) is 8. The van der Waals surface area contributed by atoms with Crippen LogP contribution < -0.4 is 4.90 Å². The van der Waals surface area contributed by atoms with Crippen molar-refractivity contribution in [1.82, 2.24) is 0 Å². The van der Waals surface area contributed by atoms with Crippen molar-refractivity contribution >= 4 is 53.4 Å². The Morgan fingerprint density at radius 3 is 2.10 bits per heavy atom. The molecule has 0 spiro atoms. The van der Waals surface area contributed by atoms with E-state index in [1.165, 1.54) is 18.2 Å². The van der Waals surface area contributed by atoms with Crippen LogP contribution in [0.1, 0.15) is 62.0 Å². The molecular formula is C32H39N2O11S3+. The van der Waals surface area contributed by atoms with E-state index < -0.39 is 58.7 Å². The fourth-order valence-electron chi connectivity index (χ4n) is 6.44. The zero-order valence-electron chi connectivity index (χ0n) is 26.9. The molecule has 0 saturated heterocycles. The first-order valence-corrected chi connectivity index (χ1v) is 19.6. The molecule has 0 saturated carbocycles. The molecule has 0 aromatic heterocycles. The average Bonchev–Trinajstić information content (AvgIpc) is 3.29. The van der Waals surface area contributed by atoms with E-state index in [0.717, 1.165) is 11.3 Å². The van der Waals surface area contributed by atoms with Crippen LogP contribution >= 0.6 is 0 Å². The molecule has 0 amide bonds. The second kappa shape index (κ2) is 13.3. The van der Waals surface area contributed by atoms with Gasteiger partial charge in [0.15, 0.2) is 5.71 Å². The molecule has 0 fully saturated rings. The van der Waals surface area contributed by atoms with Gasteiger partial charge in [-0.2, -0.15) is 29.8 Å². The monoisotopic (exact) mass is 723 g/mol. The molecule has 2 heterocycles. The number of fused-ring (bicyclic) bond motifs is 2. The molecule has 0 aliphatic carbocycles. The van der Waals surface area contributed by atoms with E-state index in [-0.39, 0.29) is 36.4 Å². The molecule has 2 aliphatic heterocycles. The first-order chi connectivity index (χ1) is 22.1. The Morgan fingerprint density at radius 1 is 0.854 bits per heavy atom. The Morgan fingerprint density at radius 2 is 1.50 bits per heavy atom. The number of aromatic carboxylic acids is 1. The third-order valence-electron chi connectivity index (χ3n) is 8.57. The number of allylic oxidation sites excluding steroid dienone is 6. The molecule has 2 aromatic rings. The van der Waals surface area contributed by atoms with Crippen LogP contribution in [-0.4, -0.2) is 84.9 Å². The van der Waals surface area contributed by atoms with Crippen LogP contribution in [-0.2, 0) is 41.2 Å². The Balaban J connectivity index is 1.72. The van der Waals surface area contributed by atoms with Crippen molar-refractivity contribution in [2.24, 2.45) is 0 Å². The highest BCUT2D eigenvalue weighted by atomic mass is 32.2. The number of rotatable bonds is 13. The summed E-state index contributed by atoms with van der Waals surface area (Å²) in [5.41, 5.74) is 2.13. The largest absolute Gasteiger partial charge is 0.478 e. The number of hydrogen-bond donors (Lipinski definition) is 4. The minimum atomic E-state index is -4.60. The Labute approximate surface area is 280 Å². The number of nitrogens with zero attached hydrogens (tertiary/aromatic N) is 2. The highest BCUT2D eigenvalue weighted by molar-refractivity contribution is 7.86. The fourth-order valence-corrected chi connectivity index (χ4v) is 8.30. The molecule has 16 heteroatoms. The van der Waals surface area contributed by atoms with Crippen molar-refractivity contribution in [2.75, 3.05) is 29.5 Å². The molecule has 0 bridgehead atoms. The molecule has 0 radical (unpaired) electrons. The van der Waals surface area contributed by atoms with Crippen molar-refractivity contribution in [1.29, 1.82) is 0 Å². The molecule has 0 unspecified atom stereocenters.